The molecule has 0 bridgehead atoms. The van der Waals surface area contributed by atoms with Crippen LogP contribution in [0.4, 0.5) is 5.69 Å². The van der Waals surface area contributed by atoms with E-state index in [1.807, 2.05) is 72.8 Å². The molecule has 0 saturated carbocycles. The van der Waals surface area contributed by atoms with Gasteiger partial charge in [0, 0.05) is 12.2 Å². The zero-order valence-electron chi connectivity index (χ0n) is 11.5. The Morgan fingerprint density at radius 2 is 1.67 bits per heavy atom. The molecule has 0 heterocycles. The van der Waals surface area contributed by atoms with Crippen LogP contribution in [0.15, 0.2) is 66.7 Å². The summed E-state index contributed by atoms with van der Waals surface area (Å²) in [6.07, 6.45) is 4.73. The van der Waals surface area contributed by atoms with Crippen molar-refractivity contribution in [2.45, 2.75) is 0 Å². The smallest absolute Gasteiger partial charge is 0.345 e. The van der Waals surface area contributed by atoms with Gasteiger partial charge in [0.25, 0.3) is 0 Å². The highest BCUT2D eigenvalue weighted by Crippen LogP contribution is 2.13. The number of hydrogen-bond acceptors (Lipinski definition) is 1. The Bertz CT molecular complexity index is 659. The Balaban J connectivity index is 2.15. The van der Waals surface area contributed by atoms with Crippen LogP contribution in [0.25, 0.3) is 11.6 Å². The van der Waals surface area contributed by atoms with Gasteiger partial charge in [-0.1, -0.05) is 60.7 Å². The van der Waals surface area contributed by atoms with Gasteiger partial charge in [-0.15, -0.1) is 0 Å². The quantitative estimate of drug-likeness (QED) is 0.471. The van der Waals surface area contributed by atoms with E-state index in [0.29, 0.717) is 6.54 Å². The van der Waals surface area contributed by atoms with Crippen molar-refractivity contribution < 1.29 is 9.58 Å². The second kappa shape index (κ2) is 7.58. The second-order valence-corrected chi connectivity index (χ2v) is 4.34. The first kappa shape index (κ1) is 14.4. The summed E-state index contributed by atoms with van der Waals surface area (Å²) in [7, 11) is 0. The molecule has 0 aliphatic carbocycles. The van der Waals surface area contributed by atoms with E-state index in [1.54, 1.807) is 0 Å². The molecule has 2 aromatic rings. The second-order valence-electron chi connectivity index (χ2n) is 4.34. The van der Waals surface area contributed by atoms with Crippen molar-refractivity contribution in [2.75, 3.05) is 11.4 Å². The van der Waals surface area contributed by atoms with Crippen LogP contribution in [0.2, 0.25) is 0 Å². The normalized spacial score (nSPS) is 10.1. The van der Waals surface area contributed by atoms with Crippen LogP contribution in [-0.2, 0) is 4.79 Å². The molecule has 0 unspecified atom stereocenters. The number of carbonyl (C=O) groups is 1. The van der Waals surface area contributed by atoms with Crippen molar-refractivity contribution in [3.8, 4) is 0 Å². The molecule has 2 rings (SSSR count). The predicted molar refractivity (Wildman–Crippen MR) is 84.0 cm³/mol. The maximum absolute atomic E-state index is 12.0. The average molecular weight is 277 g/mol. The minimum atomic E-state index is -0.374. The Morgan fingerprint density at radius 1 is 1.05 bits per heavy atom. The lowest BCUT2D eigenvalue weighted by molar-refractivity contribution is -0.115. The number of amides is 1. The number of carbonyl (C=O) groups excluding carboxylic acids is 1. The van der Waals surface area contributed by atoms with Crippen molar-refractivity contribution in [3.63, 3.8) is 0 Å². The van der Waals surface area contributed by atoms with E-state index in [9.17, 15) is 4.79 Å². The Labute approximate surface area is 123 Å². The van der Waals surface area contributed by atoms with Crippen LogP contribution in [0, 0.1) is 0 Å². The largest absolute Gasteiger partial charge is 0.361 e. The lowest BCUT2D eigenvalue weighted by atomic mass is 10.2. The molecule has 0 atom stereocenters. The van der Waals surface area contributed by atoms with Gasteiger partial charge in [-0.2, -0.15) is 4.79 Å². The number of para-hydroxylation sites is 1. The van der Waals surface area contributed by atoms with Gasteiger partial charge in [0.05, 0.1) is 0 Å². The summed E-state index contributed by atoms with van der Waals surface area (Å²) >= 11 is 0. The Hall–Kier alpha value is -2.97. The lowest BCUT2D eigenvalue weighted by Gasteiger charge is -2.17. The fraction of sp³-hybridized carbons (Fsp3) is 0.0588. The highest BCUT2D eigenvalue weighted by Gasteiger charge is 2.15. The molecule has 0 aliphatic rings. The Morgan fingerprint density at radius 3 is 2.29 bits per heavy atom. The van der Waals surface area contributed by atoms with E-state index in [0.717, 1.165) is 17.5 Å². The SMILES string of the molecule is [N-]=[N+]=CC(=O)N(CC=Cc1ccccc1)c1ccccc1. The minimum Gasteiger partial charge on any atom is -0.361 e. The number of anilines is 1. The van der Waals surface area contributed by atoms with E-state index >= 15 is 0 Å². The summed E-state index contributed by atoms with van der Waals surface area (Å²) in [4.78, 5) is 16.3. The van der Waals surface area contributed by atoms with Gasteiger partial charge in [0.1, 0.15) is 0 Å². The van der Waals surface area contributed by atoms with Crippen molar-refractivity contribution in [3.05, 3.63) is 77.8 Å². The summed E-state index contributed by atoms with van der Waals surface area (Å²) < 4.78 is 0. The first-order chi connectivity index (χ1) is 10.3. The molecular weight excluding hydrogens is 262 g/mol. The minimum absolute atomic E-state index is 0.374. The average Bonchev–Trinajstić information content (AvgIpc) is 2.53. The van der Waals surface area contributed by atoms with Gasteiger partial charge in [0.15, 0.2) is 0 Å². The van der Waals surface area contributed by atoms with E-state index in [2.05, 4.69) is 4.79 Å². The molecule has 2 aromatic carbocycles. The third-order valence-corrected chi connectivity index (χ3v) is 2.90. The molecule has 0 fully saturated rings. The van der Waals surface area contributed by atoms with Gasteiger partial charge < -0.3 is 5.53 Å². The monoisotopic (exact) mass is 277 g/mol. The summed E-state index contributed by atoms with van der Waals surface area (Å²) in [5.74, 6) is -0.374. The van der Waals surface area contributed by atoms with Gasteiger partial charge in [-0.05, 0) is 17.7 Å². The summed E-state index contributed by atoms with van der Waals surface area (Å²) in [6, 6.07) is 19.1. The maximum atomic E-state index is 12.0. The first-order valence-electron chi connectivity index (χ1n) is 6.57. The lowest BCUT2D eigenvalue weighted by Crippen LogP contribution is -2.32. The van der Waals surface area contributed by atoms with Gasteiger partial charge >= 0.3 is 12.1 Å². The summed E-state index contributed by atoms with van der Waals surface area (Å²) in [5, 5.41) is 0. The molecule has 21 heavy (non-hydrogen) atoms. The molecule has 1 amide bonds. The van der Waals surface area contributed by atoms with E-state index in [1.165, 1.54) is 4.90 Å². The molecule has 0 N–H and O–H groups in total. The number of rotatable bonds is 5. The Kier molecular flexibility index (Phi) is 5.21. The van der Waals surface area contributed by atoms with Gasteiger partial charge in [-0.25, -0.2) is 0 Å². The van der Waals surface area contributed by atoms with Gasteiger partial charge in [-0.3, -0.25) is 9.69 Å². The van der Waals surface area contributed by atoms with Crippen LogP contribution in [-0.4, -0.2) is 23.5 Å². The standard InChI is InChI=1S/C17H15N3O/c18-19-14-17(21)20(16-11-5-2-6-12-16)13-7-10-15-8-3-1-4-9-15/h1-12,14H,13H2. The van der Waals surface area contributed by atoms with Crippen LogP contribution in [0.5, 0.6) is 0 Å². The van der Waals surface area contributed by atoms with Crippen LogP contribution in [0.1, 0.15) is 5.56 Å². The van der Waals surface area contributed by atoms with Crippen LogP contribution in [0.3, 0.4) is 0 Å². The van der Waals surface area contributed by atoms with Crippen molar-refractivity contribution in [1.82, 2.24) is 0 Å². The van der Waals surface area contributed by atoms with Crippen LogP contribution < -0.4 is 4.90 Å². The first-order valence-corrected chi connectivity index (χ1v) is 6.57. The van der Waals surface area contributed by atoms with Gasteiger partial charge in [0.2, 0.25) is 0 Å². The fourth-order valence-electron chi connectivity index (χ4n) is 1.91. The number of hydrogen-bond donors (Lipinski definition) is 0. The number of nitrogens with zero attached hydrogens (tertiary/aromatic N) is 3. The van der Waals surface area contributed by atoms with Crippen LogP contribution >= 0.6 is 0 Å². The van der Waals surface area contributed by atoms with E-state index in [-0.39, 0.29) is 5.91 Å². The molecule has 0 spiro atoms. The van der Waals surface area contributed by atoms with Crippen molar-refractivity contribution in [1.29, 1.82) is 0 Å². The highest BCUT2D eigenvalue weighted by atomic mass is 16.2. The molecule has 0 aliphatic heterocycles. The molecule has 4 heteroatoms. The molecule has 104 valence electrons. The zero-order chi connectivity index (χ0) is 14.9. The number of benzene rings is 2. The molecular formula is C17H15N3O. The topological polar surface area (TPSA) is 56.7 Å². The third-order valence-electron chi connectivity index (χ3n) is 2.90. The molecule has 0 aromatic heterocycles. The molecule has 0 radical (unpaired) electrons. The summed E-state index contributed by atoms with van der Waals surface area (Å²) in [5.41, 5.74) is 10.4. The predicted octanol–water partition coefficient (Wildman–Crippen LogP) is 3.03. The molecule has 0 saturated heterocycles. The highest BCUT2D eigenvalue weighted by molar-refractivity contribution is 6.30. The van der Waals surface area contributed by atoms with Crippen molar-refractivity contribution >= 4 is 23.9 Å². The molecule has 4 nitrogen and oxygen atoms in total. The fourth-order valence-corrected chi connectivity index (χ4v) is 1.91. The third kappa shape index (κ3) is 4.27. The maximum Gasteiger partial charge on any atom is 0.345 e. The zero-order valence-corrected chi connectivity index (χ0v) is 11.5. The summed E-state index contributed by atoms with van der Waals surface area (Å²) in [6.45, 7) is 0.393. The van der Waals surface area contributed by atoms with E-state index in [4.69, 9.17) is 5.53 Å². The van der Waals surface area contributed by atoms with E-state index < -0.39 is 0 Å². The van der Waals surface area contributed by atoms with Crippen molar-refractivity contribution in [2.24, 2.45) is 0 Å².